The summed E-state index contributed by atoms with van der Waals surface area (Å²) in [6.07, 6.45) is 4.53. The van der Waals surface area contributed by atoms with E-state index in [1.54, 1.807) is 0 Å². The summed E-state index contributed by atoms with van der Waals surface area (Å²) in [5.41, 5.74) is 14.4. The Hall–Kier alpha value is -7.62. The number of nitrogens with zero attached hydrogens (tertiary/aromatic N) is 3. The molecule has 0 unspecified atom stereocenters. The van der Waals surface area contributed by atoms with Gasteiger partial charge < -0.3 is 14.0 Å². The zero-order chi connectivity index (χ0) is 39.0. The molecule has 10 aromatic rings. The van der Waals surface area contributed by atoms with Gasteiger partial charge in [0, 0.05) is 50.0 Å². The van der Waals surface area contributed by atoms with Crippen molar-refractivity contribution in [2.24, 2.45) is 0 Å². The predicted octanol–water partition coefficient (Wildman–Crippen LogP) is 15.0. The first-order valence-electron chi connectivity index (χ1n) is 19.8. The Morgan fingerprint density at radius 2 is 0.948 bits per heavy atom. The van der Waals surface area contributed by atoms with Gasteiger partial charge in [-0.2, -0.15) is 0 Å². The first kappa shape index (κ1) is 34.8. The van der Waals surface area contributed by atoms with E-state index in [4.69, 9.17) is 6.58 Å². The minimum atomic E-state index is 0.888. The quantitative estimate of drug-likeness (QED) is 0.134. The van der Waals surface area contributed by atoms with E-state index >= 15 is 0 Å². The number of hydrogen-bond acceptors (Lipinski definition) is 1. The molecule has 2 aromatic heterocycles. The third-order valence-electron chi connectivity index (χ3n) is 11.2. The topological polar surface area (TPSA) is 13.1 Å². The van der Waals surface area contributed by atoms with Crippen LogP contribution in [-0.2, 0) is 0 Å². The van der Waals surface area contributed by atoms with Crippen LogP contribution in [0.4, 0.5) is 17.1 Å². The fourth-order valence-electron chi connectivity index (χ4n) is 8.54. The standard InChI is InChI=1S/C55H41N3/c1-39(41-20-7-3-8-21-41)36-43(42-22-9-4-10-23-42)37-40(2)56-52-32-17-15-30-48(52)50-34-35-51-49-31-16-18-33-53(49)58(55(51)54(50)56)47-29-19-28-46(38-47)57(44-24-11-5-12-25-44)45-26-13-6-14-27-45/h3-38H,2H2,1H3/b39-36+,43-37+. The number of allylic oxidation sites excluding steroid dienone is 5. The summed E-state index contributed by atoms with van der Waals surface area (Å²) in [5, 5.41) is 4.78. The maximum Gasteiger partial charge on any atom is 0.0788 e. The van der Waals surface area contributed by atoms with Crippen molar-refractivity contribution >= 4 is 77.5 Å². The van der Waals surface area contributed by atoms with E-state index in [0.29, 0.717) is 0 Å². The second-order valence-electron chi connectivity index (χ2n) is 14.7. The third-order valence-corrected chi connectivity index (χ3v) is 11.2. The Balaban J connectivity index is 1.24. The van der Waals surface area contributed by atoms with Crippen LogP contribution in [0.25, 0.3) is 66.1 Å². The fourth-order valence-corrected chi connectivity index (χ4v) is 8.54. The van der Waals surface area contributed by atoms with Crippen LogP contribution in [0.2, 0.25) is 0 Å². The normalized spacial score (nSPS) is 12.2. The minimum absolute atomic E-state index is 0.888. The molecule has 0 aliphatic rings. The Labute approximate surface area is 339 Å². The van der Waals surface area contributed by atoms with Crippen molar-refractivity contribution in [1.82, 2.24) is 9.13 Å². The molecule has 0 saturated carbocycles. The lowest BCUT2D eigenvalue weighted by Crippen LogP contribution is -2.10. The molecule has 0 aliphatic heterocycles. The van der Waals surface area contributed by atoms with Crippen LogP contribution < -0.4 is 4.90 Å². The van der Waals surface area contributed by atoms with Crippen molar-refractivity contribution in [2.75, 3.05) is 4.90 Å². The van der Waals surface area contributed by atoms with Crippen LogP contribution in [0.5, 0.6) is 0 Å². The van der Waals surface area contributed by atoms with Crippen LogP contribution in [-0.4, -0.2) is 9.13 Å². The highest BCUT2D eigenvalue weighted by molar-refractivity contribution is 6.24. The Morgan fingerprint density at radius 3 is 1.59 bits per heavy atom. The zero-order valence-electron chi connectivity index (χ0n) is 32.3. The van der Waals surface area contributed by atoms with Gasteiger partial charge in [-0.3, -0.25) is 0 Å². The molecule has 58 heavy (non-hydrogen) atoms. The van der Waals surface area contributed by atoms with Crippen molar-refractivity contribution in [3.8, 4) is 5.69 Å². The maximum absolute atomic E-state index is 4.85. The SMILES string of the molecule is C=C(/C=C(\C=C(/C)c1ccccc1)c1ccccc1)n1c2ccccc2c2ccc3c4ccccc4n(-c4cccc(N(c5ccccc5)c5ccccc5)c4)c3c21. The number of hydrogen-bond donors (Lipinski definition) is 0. The van der Waals surface area contributed by atoms with Crippen molar-refractivity contribution in [2.45, 2.75) is 6.92 Å². The second-order valence-corrected chi connectivity index (χ2v) is 14.7. The molecule has 10 rings (SSSR count). The first-order valence-corrected chi connectivity index (χ1v) is 19.8. The molecule has 2 heterocycles. The Morgan fingerprint density at radius 1 is 0.448 bits per heavy atom. The lowest BCUT2D eigenvalue weighted by Gasteiger charge is -2.26. The largest absolute Gasteiger partial charge is 0.310 e. The van der Waals surface area contributed by atoms with Crippen LogP contribution in [0.3, 0.4) is 0 Å². The molecule has 0 spiro atoms. The monoisotopic (exact) mass is 743 g/mol. The average molecular weight is 744 g/mol. The van der Waals surface area contributed by atoms with E-state index < -0.39 is 0 Å². The zero-order valence-corrected chi connectivity index (χ0v) is 32.3. The van der Waals surface area contributed by atoms with Crippen LogP contribution >= 0.6 is 0 Å². The van der Waals surface area contributed by atoms with Gasteiger partial charge in [-0.15, -0.1) is 0 Å². The number of benzene rings is 8. The lowest BCUT2D eigenvalue weighted by molar-refractivity contribution is 1.16. The number of aromatic nitrogens is 2. The summed E-state index contributed by atoms with van der Waals surface area (Å²) in [6.45, 7) is 7.03. The Kier molecular flexibility index (Phi) is 8.89. The maximum atomic E-state index is 4.85. The van der Waals surface area contributed by atoms with E-state index in [2.05, 4.69) is 239 Å². The molecule has 0 aliphatic carbocycles. The summed E-state index contributed by atoms with van der Waals surface area (Å²) in [7, 11) is 0. The molecule has 0 N–H and O–H groups in total. The molecule has 0 saturated heterocycles. The fraction of sp³-hybridized carbons (Fsp3) is 0.0182. The van der Waals surface area contributed by atoms with Gasteiger partial charge in [-0.05, 0) is 89.9 Å². The van der Waals surface area contributed by atoms with Crippen LogP contribution in [0.15, 0.2) is 225 Å². The van der Waals surface area contributed by atoms with Gasteiger partial charge in [0.1, 0.15) is 0 Å². The molecule has 0 bridgehead atoms. The smallest absolute Gasteiger partial charge is 0.0788 e. The molecule has 3 nitrogen and oxygen atoms in total. The van der Waals surface area contributed by atoms with Crippen molar-refractivity contribution in [3.63, 3.8) is 0 Å². The van der Waals surface area contributed by atoms with Crippen LogP contribution in [0, 0.1) is 0 Å². The lowest BCUT2D eigenvalue weighted by atomic mass is 9.99. The molecular weight excluding hydrogens is 703 g/mol. The molecule has 0 atom stereocenters. The van der Waals surface area contributed by atoms with Gasteiger partial charge in [0.15, 0.2) is 0 Å². The molecule has 0 amide bonds. The number of para-hydroxylation sites is 4. The number of anilines is 3. The highest BCUT2D eigenvalue weighted by Gasteiger charge is 2.22. The highest BCUT2D eigenvalue weighted by atomic mass is 15.1. The van der Waals surface area contributed by atoms with Gasteiger partial charge in [0.05, 0.1) is 22.1 Å². The summed E-state index contributed by atoms with van der Waals surface area (Å²) in [5.74, 6) is 0. The van der Waals surface area contributed by atoms with Gasteiger partial charge in [-0.25, -0.2) is 0 Å². The van der Waals surface area contributed by atoms with Gasteiger partial charge in [0.2, 0.25) is 0 Å². The molecule has 3 heteroatoms. The molecular formula is C55H41N3. The summed E-state index contributed by atoms with van der Waals surface area (Å²) >= 11 is 0. The van der Waals surface area contributed by atoms with Gasteiger partial charge in [0.25, 0.3) is 0 Å². The molecule has 0 fully saturated rings. The molecule has 8 aromatic carbocycles. The first-order chi connectivity index (χ1) is 28.6. The van der Waals surface area contributed by atoms with Crippen molar-refractivity contribution in [1.29, 1.82) is 0 Å². The van der Waals surface area contributed by atoms with E-state index in [9.17, 15) is 0 Å². The van der Waals surface area contributed by atoms with Gasteiger partial charge >= 0.3 is 0 Å². The Bertz CT molecular complexity index is 3130. The van der Waals surface area contributed by atoms with Crippen molar-refractivity contribution in [3.05, 3.63) is 236 Å². The number of rotatable bonds is 9. The van der Waals surface area contributed by atoms with E-state index in [1.165, 1.54) is 32.7 Å². The summed E-state index contributed by atoms with van der Waals surface area (Å²) in [6, 6.07) is 73.4. The summed E-state index contributed by atoms with van der Waals surface area (Å²) < 4.78 is 4.83. The van der Waals surface area contributed by atoms with Crippen LogP contribution in [0.1, 0.15) is 18.1 Å². The minimum Gasteiger partial charge on any atom is -0.310 e. The molecule has 276 valence electrons. The summed E-state index contributed by atoms with van der Waals surface area (Å²) in [4.78, 5) is 2.33. The average Bonchev–Trinajstić information content (AvgIpc) is 3.81. The van der Waals surface area contributed by atoms with E-state index in [1.807, 2.05) is 0 Å². The van der Waals surface area contributed by atoms with Gasteiger partial charge in [-0.1, -0.05) is 164 Å². The predicted molar refractivity (Wildman–Crippen MR) is 248 cm³/mol. The van der Waals surface area contributed by atoms with E-state index in [-0.39, 0.29) is 0 Å². The van der Waals surface area contributed by atoms with E-state index in [0.717, 1.165) is 61.6 Å². The molecule has 0 radical (unpaired) electrons. The third kappa shape index (κ3) is 6.10. The highest BCUT2D eigenvalue weighted by Crippen LogP contribution is 2.43. The number of fused-ring (bicyclic) bond motifs is 7. The van der Waals surface area contributed by atoms with Crippen molar-refractivity contribution < 1.29 is 0 Å². The second kappa shape index (κ2) is 14.8.